The van der Waals surface area contributed by atoms with Crippen LogP contribution in [-0.2, 0) is 0 Å². The van der Waals surface area contributed by atoms with Crippen LogP contribution in [0.3, 0.4) is 0 Å². The first-order valence-corrected chi connectivity index (χ1v) is 8.14. The number of hydrogen-bond donors (Lipinski definition) is 1. The lowest BCUT2D eigenvalue weighted by Crippen LogP contribution is -2.40. The summed E-state index contributed by atoms with van der Waals surface area (Å²) in [5, 5.41) is 0.797. The number of hydrogen-bond acceptors (Lipinski definition) is 2. The van der Waals surface area contributed by atoms with Crippen LogP contribution in [0.25, 0.3) is 0 Å². The second-order valence-corrected chi connectivity index (χ2v) is 6.04. The third-order valence-corrected chi connectivity index (χ3v) is 4.38. The fourth-order valence-electron chi connectivity index (χ4n) is 2.71. The zero-order valence-electron chi connectivity index (χ0n) is 13.3. The van der Waals surface area contributed by atoms with Gasteiger partial charge in [0, 0.05) is 23.7 Å². The van der Waals surface area contributed by atoms with Crippen molar-refractivity contribution in [2.75, 3.05) is 13.1 Å². The van der Waals surface area contributed by atoms with Gasteiger partial charge >= 0.3 is 0 Å². The van der Waals surface area contributed by atoms with Crippen LogP contribution < -0.4 is 5.73 Å². The lowest BCUT2D eigenvalue weighted by molar-refractivity contribution is 0.140. The zero-order valence-corrected chi connectivity index (χ0v) is 14.1. The highest BCUT2D eigenvalue weighted by atomic mass is 35.5. The molecule has 0 bridgehead atoms. The van der Waals surface area contributed by atoms with Gasteiger partial charge in [0.15, 0.2) is 0 Å². The Morgan fingerprint density at radius 3 is 2.50 bits per heavy atom. The normalized spacial score (nSPS) is 14.6. The average Bonchev–Trinajstić information content (AvgIpc) is 2.44. The molecule has 0 saturated carbocycles. The summed E-state index contributed by atoms with van der Waals surface area (Å²) in [7, 11) is 0. The molecule has 0 heterocycles. The van der Waals surface area contributed by atoms with E-state index in [0.29, 0.717) is 12.6 Å². The van der Waals surface area contributed by atoms with Crippen molar-refractivity contribution in [1.29, 1.82) is 0 Å². The second-order valence-electron chi connectivity index (χ2n) is 5.60. The zero-order chi connectivity index (χ0) is 15.1. The van der Waals surface area contributed by atoms with Crippen molar-refractivity contribution < 1.29 is 0 Å². The molecule has 0 aliphatic heterocycles. The van der Waals surface area contributed by atoms with Gasteiger partial charge in [0.1, 0.15) is 0 Å². The molecular formula is C17H29ClN2. The average molecular weight is 297 g/mol. The Bertz CT molecular complexity index is 406. The van der Waals surface area contributed by atoms with Crippen LogP contribution in [0.4, 0.5) is 0 Å². The molecule has 3 heteroatoms. The molecule has 0 aromatic heterocycles. The van der Waals surface area contributed by atoms with E-state index >= 15 is 0 Å². The number of benzene rings is 1. The molecule has 2 unspecified atom stereocenters. The molecule has 0 aliphatic rings. The minimum absolute atomic E-state index is 0.286. The van der Waals surface area contributed by atoms with E-state index in [1.165, 1.54) is 24.0 Å². The molecule has 0 spiro atoms. The van der Waals surface area contributed by atoms with E-state index in [-0.39, 0.29) is 6.04 Å². The predicted octanol–water partition coefficient (Wildman–Crippen LogP) is 4.55. The topological polar surface area (TPSA) is 29.3 Å². The fourth-order valence-corrected chi connectivity index (χ4v) is 2.94. The number of aryl methyl sites for hydroxylation is 1. The van der Waals surface area contributed by atoms with Gasteiger partial charge < -0.3 is 5.73 Å². The maximum Gasteiger partial charge on any atom is 0.0475 e. The molecule has 1 aromatic carbocycles. The van der Waals surface area contributed by atoms with Gasteiger partial charge in [-0.2, -0.15) is 0 Å². The molecule has 20 heavy (non-hydrogen) atoms. The first-order chi connectivity index (χ1) is 9.54. The smallest absolute Gasteiger partial charge is 0.0475 e. The van der Waals surface area contributed by atoms with Gasteiger partial charge in [-0.1, -0.05) is 37.9 Å². The van der Waals surface area contributed by atoms with E-state index in [9.17, 15) is 0 Å². The molecule has 1 aromatic rings. The van der Waals surface area contributed by atoms with E-state index in [2.05, 4.69) is 38.7 Å². The van der Waals surface area contributed by atoms with Crippen LogP contribution in [0.15, 0.2) is 18.2 Å². The summed E-state index contributed by atoms with van der Waals surface area (Å²) in [5.41, 5.74) is 8.65. The van der Waals surface area contributed by atoms with Crippen molar-refractivity contribution >= 4 is 11.6 Å². The summed E-state index contributed by atoms with van der Waals surface area (Å²) in [5.74, 6) is 0. The molecule has 0 fully saturated rings. The van der Waals surface area contributed by atoms with E-state index in [1.54, 1.807) is 0 Å². The Balaban J connectivity index is 3.04. The van der Waals surface area contributed by atoms with Gasteiger partial charge in [0.25, 0.3) is 0 Å². The lowest BCUT2D eigenvalue weighted by atomic mass is 9.97. The maximum absolute atomic E-state index is 6.10. The van der Waals surface area contributed by atoms with Gasteiger partial charge in [-0.05, 0) is 56.5 Å². The highest BCUT2D eigenvalue weighted by Crippen LogP contribution is 2.28. The Morgan fingerprint density at radius 2 is 2.00 bits per heavy atom. The number of nitrogens with two attached hydrogens (primary N) is 1. The van der Waals surface area contributed by atoms with Gasteiger partial charge in [0.2, 0.25) is 0 Å². The van der Waals surface area contributed by atoms with Crippen molar-refractivity contribution in [3.63, 3.8) is 0 Å². The monoisotopic (exact) mass is 296 g/mol. The van der Waals surface area contributed by atoms with E-state index in [1.807, 2.05) is 12.1 Å². The molecule has 0 amide bonds. The van der Waals surface area contributed by atoms with Crippen molar-refractivity contribution in [2.45, 2.75) is 59.0 Å². The van der Waals surface area contributed by atoms with Crippen LogP contribution >= 0.6 is 11.6 Å². The van der Waals surface area contributed by atoms with Crippen molar-refractivity contribution in [2.24, 2.45) is 5.73 Å². The second kappa shape index (κ2) is 8.66. The number of rotatable bonds is 8. The van der Waals surface area contributed by atoms with Gasteiger partial charge in [-0.3, -0.25) is 4.90 Å². The third-order valence-electron chi connectivity index (χ3n) is 4.14. The summed E-state index contributed by atoms with van der Waals surface area (Å²) < 4.78 is 0. The summed E-state index contributed by atoms with van der Waals surface area (Å²) in [6.07, 6.45) is 3.57. The standard InChI is InChI=1S/C17H29ClN2/c1-5-7-10-20(14(4)6-2)17(12-19)16-9-8-15(18)11-13(16)3/h8-9,11,14,17H,5-7,10,12,19H2,1-4H3. The molecule has 2 N–H and O–H groups in total. The summed E-state index contributed by atoms with van der Waals surface area (Å²) in [4.78, 5) is 2.56. The highest BCUT2D eigenvalue weighted by molar-refractivity contribution is 6.30. The Labute approximate surface area is 129 Å². The summed E-state index contributed by atoms with van der Waals surface area (Å²) in [6, 6.07) is 6.98. The predicted molar refractivity (Wildman–Crippen MR) is 89.4 cm³/mol. The minimum atomic E-state index is 0.286. The number of unbranched alkanes of at least 4 members (excludes halogenated alkanes) is 1. The SMILES string of the molecule is CCCCN(C(C)CC)C(CN)c1ccc(Cl)cc1C. The Kier molecular flexibility index (Phi) is 7.57. The van der Waals surface area contributed by atoms with Crippen molar-refractivity contribution in [3.05, 3.63) is 34.3 Å². The Morgan fingerprint density at radius 1 is 1.30 bits per heavy atom. The van der Waals surface area contributed by atoms with Gasteiger partial charge in [-0.25, -0.2) is 0 Å². The highest BCUT2D eigenvalue weighted by Gasteiger charge is 2.23. The number of halogens is 1. The van der Waals surface area contributed by atoms with E-state index in [4.69, 9.17) is 17.3 Å². The molecule has 2 atom stereocenters. The summed E-state index contributed by atoms with van der Waals surface area (Å²) in [6.45, 7) is 10.7. The van der Waals surface area contributed by atoms with Crippen LogP contribution in [0.1, 0.15) is 57.2 Å². The molecule has 0 radical (unpaired) electrons. The quantitative estimate of drug-likeness (QED) is 0.762. The first-order valence-electron chi connectivity index (χ1n) is 7.76. The summed E-state index contributed by atoms with van der Waals surface area (Å²) >= 11 is 6.07. The van der Waals surface area contributed by atoms with E-state index < -0.39 is 0 Å². The number of nitrogens with zero attached hydrogens (tertiary/aromatic N) is 1. The molecular weight excluding hydrogens is 268 g/mol. The van der Waals surface area contributed by atoms with Crippen LogP contribution in [0.5, 0.6) is 0 Å². The van der Waals surface area contributed by atoms with Crippen molar-refractivity contribution in [3.8, 4) is 0 Å². The molecule has 1 rings (SSSR count). The third kappa shape index (κ3) is 4.47. The van der Waals surface area contributed by atoms with Crippen LogP contribution in [0.2, 0.25) is 5.02 Å². The van der Waals surface area contributed by atoms with Gasteiger partial charge in [-0.15, -0.1) is 0 Å². The molecule has 2 nitrogen and oxygen atoms in total. The first kappa shape index (κ1) is 17.5. The Hall–Kier alpha value is -0.570. The maximum atomic E-state index is 6.10. The molecule has 0 saturated heterocycles. The minimum Gasteiger partial charge on any atom is -0.329 e. The fraction of sp³-hybridized carbons (Fsp3) is 0.647. The molecule has 114 valence electrons. The van der Waals surface area contributed by atoms with E-state index in [0.717, 1.165) is 18.0 Å². The van der Waals surface area contributed by atoms with Crippen LogP contribution in [0, 0.1) is 6.92 Å². The van der Waals surface area contributed by atoms with Crippen LogP contribution in [-0.4, -0.2) is 24.0 Å². The largest absolute Gasteiger partial charge is 0.329 e. The van der Waals surface area contributed by atoms with Gasteiger partial charge in [0.05, 0.1) is 0 Å². The van der Waals surface area contributed by atoms with Crippen molar-refractivity contribution in [1.82, 2.24) is 4.90 Å². The molecule has 0 aliphatic carbocycles. The lowest BCUT2D eigenvalue weighted by Gasteiger charge is -2.36.